The fraction of sp³-hybridized carbons (Fsp3) is 0.250. The van der Waals surface area contributed by atoms with E-state index in [-0.39, 0.29) is 10.2 Å². The summed E-state index contributed by atoms with van der Waals surface area (Å²) in [5.41, 5.74) is 0.755. The number of hydrogen-bond acceptors (Lipinski definition) is 6. The zero-order chi connectivity index (χ0) is 19.7. The number of ether oxygens (including phenoxy) is 1. The molecule has 1 aliphatic rings. The molecule has 0 unspecified atom stereocenters. The summed E-state index contributed by atoms with van der Waals surface area (Å²) in [4.78, 5) is 26.0. The molecule has 0 radical (unpaired) electrons. The van der Waals surface area contributed by atoms with Gasteiger partial charge in [0.1, 0.15) is 10.1 Å². The maximum atomic E-state index is 12.9. The van der Waals surface area contributed by atoms with Crippen LogP contribution < -0.4 is 9.84 Å². The molecule has 27 heavy (non-hydrogen) atoms. The van der Waals surface area contributed by atoms with E-state index in [1.807, 2.05) is 36.4 Å². The van der Waals surface area contributed by atoms with Crippen molar-refractivity contribution in [1.82, 2.24) is 4.90 Å². The minimum atomic E-state index is -1.31. The monoisotopic (exact) mass is 400 g/mol. The average Bonchev–Trinajstić information content (AvgIpc) is 2.89. The fourth-order valence-corrected chi connectivity index (χ4v) is 4.44. The predicted molar refractivity (Wildman–Crippen MR) is 109 cm³/mol. The zero-order valence-corrected chi connectivity index (χ0v) is 16.7. The number of carboxylic acid groups (broad SMARTS) is 1. The number of methoxy groups -OCH3 is 1. The highest BCUT2D eigenvalue weighted by molar-refractivity contribution is 8.26. The van der Waals surface area contributed by atoms with Crippen LogP contribution in [0, 0.1) is 5.92 Å². The lowest BCUT2D eigenvalue weighted by Gasteiger charge is -2.30. The van der Waals surface area contributed by atoms with Crippen molar-refractivity contribution in [2.45, 2.75) is 19.9 Å². The molecule has 0 aliphatic carbocycles. The van der Waals surface area contributed by atoms with Crippen molar-refractivity contribution in [3.05, 3.63) is 46.9 Å². The van der Waals surface area contributed by atoms with Crippen LogP contribution in [0.15, 0.2) is 41.3 Å². The lowest BCUT2D eigenvalue weighted by Crippen LogP contribution is -2.52. The van der Waals surface area contributed by atoms with E-state index in [9.17, 15) is 14.7 Å². The number of hydrogen-bond donors (Lipinski definition) is 0. The van der Waals surface area contributed by atoms with Crippen LogP contribution in [0.5, 0.6) is 5.75 Å². The molecule has 1 atom stereocenters. The van der Waals surface area contributed by atoms with Crippen molar-refractivity contribution < 1.29 is 19.4 Å². The van der Waals surface area contributed by atoms with Crippen LogP contribution in [0.25, 0.3) is 16.8 Å². The van der Waals surface area contributed by atoms with Gasteiger partial charge in [-0.05, 0) is 28.8 Å². The van der Waals surface area contributed by atoms with Gasteiger partial charge in [0.05, 0.1) is 24.0 Å². The number of carbonyl (C=O) groups excluding carboxylic acids is 2. The van der Waals surface area contributed by atoms with Crippen LogP contribution in [-0.4, -0.2) is 34.2 Å². The van der Waals surface area contributed by atoms with Gasteiger partial charge in [-0.3, -0.25) is 9.69 Å². The van der Waals surface area contributed by atoms with Crippen molar-refractivity contribution in [2.75, 3.05) is 7.11 Å². The normalized spacial score (nSPS) is 17.2. The summed E-state index contributed by atoms with van der Waals surface area (Å²) in [5.74, 6) is -1.45. The SMILES string of the molecule is COc1ccc2ccccc2c1/C=C1\SC(=S)N([C@H](C(=O)[O-])C(C)C)C1=O. The van der Waals surface area contributed by atoms with Gasteiger partial charge in [-0.2, -0.15) is 0 Å². The van der Waals surface area contributed by atoms with Crippen LogP contribution in [0.3, 0.4) is 0 Å². The second kappa shape index (κ2) is 7.70. The smallest absolute Gasteiger partial charge is 0.266 e. The number of carboxylic acids is 1. The third-order valence-corrected chi connectivity index (χ3v) is 5.73. The lowest BCUT2D eigenvalue weighted by atomic mass is 10.0. The molecule has 1 amide bonds. The van der Waals surface area contributed by atoms with E-state index in [0.29, 0.717) is 10.7 Å². The first-order chi connectivity index (χ1) is 12.8. The molecule has 1 aliphatic heterocycles. The molecule has 1 fully saturated rings. The Morgan fingerprint density at radius 3 is 2.59 bits per heavy atom. The number of thiocarbonyl (C=S) groups is 1. The van der Waals surface area contributed by atoms with Crippen molar-refractivity contribution in [3.63, 3.8) is 0 Å². The van der Waals surface area contributed by atoms with Gasteiger partial charge in [0.25, 0.3) is 5.91 Å². The zero-order valence-electron chi connectivity index (χ0n) is 15.1. The molecule has 0 spiro atoms. The van der Waals surface area contributed by atoms with E-state index in [2.05, 4.69) is 0 Å². The summed E-state index contributed by atoms with van der Waals surface area (Å²) in [6.45, 7) is 3.44. The number of thioether (sulfide) groups is 1. The molecule has 5 nitrogen and oxygen atoms in total. The van der Waals surface area contributed by atoms with Gasteiger partial charge in [0, 0.05) is 5.56 Å². The summed E-state index contributed by atoms with van der Waals surface area (Å²) >= 11 is 6.38. The first-order valence-electron chi connectivity index (χ1n) is 8.38. The van der Waals surface area contributed by atoms with Crippen molar-refractivity contribution in [3.8, 4) is 5.75 Å². The van der Waals surface area contributed by atoms with Gasteiger partial charge in [-0.15, -0.1) is 0 Å². The number of carbonyl (C=O) groups is 2. The molecular formula is C20H18NO4S2-. The van der Waals surface area contributed by atoms with Crippen molar-refractivity contribution >= 4 is 57.0 Å². The van der Waals surface area contributed by atoms with E-state index in [1.54, 1.807) is 27.0 Å². The Morgan fingerprint density at radius 2 is 1.96 bits per heavy atom. The highest BCUT2D eigenvalue weighted by atomic mass is 32.2. The predicted octanol–water partition coefficient (Wildman–Crippen LogP) is 2.82. The number of benzene rings is 2. The van der Waals surface area contributed by atoms with Gasteiger partial charge >= 0.3 is 0 Å². The minimum absolute atomic E-state index is 0.216. The fourth-order valence-electron chi connectivity index (χ4n) is 3.13. The van der Waals surface area contributed by atoms with E-state index in [4.69, 9.17) is 17.0 Å². The van der Waals surface area contributed by atoms with Gasteiger partial charge in [-0.25, -0.2) is 0 Å². The molecule has 1 heterocycles. The molecule has 140 valence electrons. The molecule has 2 aromatic carbocycles. The largest absolute Gasteiger partial charge is 0.548 e. The molecule has 0 bridgehead atoms. The van der Waals surface area contributed by atoms with E-state index in [0.717, 1.165) is 33.0 Å². The molecular weight excluding hydrogens is 382 g/mol. The number of fused-ring (bicyclic) bond motifs is 1. The Kier molecular flexibility index (Phi) is 5.53. The van der Waals surface area contributed by atoms with E-state index < -0.39 is 17.9 Å². The highest BCUT2D eigenvalue weighted by Crippen LogP contribution is 2.38. The summed E-state index contributed by atoms with van der Waals surface area (Å²) in [7, 11) is 1.57. The molecule has 0 saturated carbocycles. The van der Waals surface area contributed by atoms with Gasteiger partial charge in [-0.1, -0.05) is 68.2 Å². The Balaban J connectivity index is 2.09. The van der Waals surface area contributed by atoms with Crippen LogP contribution in [0.1, 0.15) is 19.4 Å². The van der Waals surface area contributed by atoms with Crippen LogP contribution in [-0.2, 0) is 9.59 Å². The molecule has 1 saturated heterocycles. The van der Waals surface area contributed by atoms with Gasteiger partial charge < -0.3 is 14.6 Å². The number of aliphatic carboxylic acids is 1. The number of rotatable bonds is 5. The summed E-state index contributed by atoms with van der Waals surface area (Å²) in [5, 5.41) is 13.5. The van der Waals surface area contributed by atoms with Crippen molar-refractivity contribution in [2.24, 2.45) is 5.92 Å². The Morgan fingerprint density at radius 1 is 1.26 bits per heavy atom. The maximum Gasteiger partial charge on any atom is 0.266 e. The number of nitrogens with zero attached hydrogens (tertiary/aromatic N) is 1. The van der Waals surface area contributed by atoms with Crippen LogP contribution >= 0.6 is 24.0 Å². The Bertz CT molecular complexity index is 968. The van der Waals surface area contributed by atoms with Crippen LogP contribution in [0.2, 0.25) is 0 Å². The van der Waals surface area contributed by atoms with Gasteiger partial charge in [0.15, 0.2) is 0 Å². The minimum Gasteiger partial charge on any atom is -0.548 e. The Hall–Kier alpha value is -2.38. The van der Waals surface area contributed by atoms with E-state index >= 15 is 0 Å². The topological polar surface area (TPSA) is 69.7 Å². The molecule has 7 heteroatoms. The molecule has 0 N–H and O–H groups in total. The maximum absolute atomic E-state index is 12.9. The number of amides is 1. The van der Waals surface area contributed by atoms with E-state index in [1.165, 1.54) is 0 Å². The summed E-state index contributed by atoms with van der Waals surface area (Å²) in [6, 6.07) is 10.5. The lowest BCUT2D eigenvalue weighted by molar-refractivity contribution is -0.311. The molecule has 2 aromatic rings. The first kappa shape index (κ1) is 19.4. The summed E-state index contributed by atoms with van der Waals surface area (Å²) < 4.78 is 5.68. The summed E-state index contributed by atoms with van der Waals surface area (Å²) in [6.07, 6.45) is 1.72. The van der Waals surface area contributed by atoms with Crippen molar-refractivity contribution in [1.29, 1.82) is 0 Å². The Labute approximate surface area is 167 Å². The average molecular weight is 401 g/mol. The second-order valence-electron chi connectivity index (χ2n) is 6.46. The highest BCUT2D eigenvalue weighted by Gasteiger charge is 2.39. The first-order valence-corrected chi connectivity index (χ1v) is 9.61. The molecule has 0 aromatic heterocycles. The second-order valence-corrected chi connectivity index (χ2v) is 8.14. The molecule has 3 rings (SSSR count). The van der Waals surface area contributed by atoms with Crippen LogP contribution in [0.4, 0.5) is 0 Å². The standard InChI is InChI=1S/C20H19NO4S2/c1-11(2)17(19(23)24)21-18(22)16(27-20(21)26)10-14-13-7-5-4-6-12(13)8-9-15(14)25-3/h4-11,17H,1-3H3,(H,23,24)/p-1/b16-10-/t17-/m0/s1. The quantitative estimate of drug-likeness (QED) is 0.568. The van der Waals surface area contributed by atoms with Gasteiger partial charge in [0.2, 0.25) is 0 Å². The third-order valence-electron chi connectivity index (χ3n) is 4.40. The third kappa shape index (κ3) is 3.57.